The second kappa shape index (κ2) is 6.48. The Morgan fingerprint density at radius 1 is 1.50 bits per heavy atom. The first kappa shape index (κ1) is 13.0. The number of pyridine rings is 1. The van der Waals surface area contributed by atoms with Gasteiger partial charge in [-0.3, -0.25) is 4.79 Å². The number of nitrogens with one attached hydrogen (secondary N) is 1. The quantitative estimate of drug-likeness (QED) is 0.898. The van der Waals surface area contributed by atoms with E-state index in [1.165, 1.54) is 0 Å². The van der Waals surface area contributed by atoms with Crippen molar-refractivity contribution in [2.45, 2.75) is 13.8 Å². The lowest BCUT2D eigenvalue weighted by Crippen LogP contribution is -2.37. The van der Waals surface area contributed by atoms with Crippen molar-refractivity contribution in [3.05, 3.63) is 22.8 Å². The maximum Gasteiger partial charge on any atom is 0.239 e. The maximum atomic E-state index is 11.5. The molecular formula is C11H16BrN3O. The van der Waals surface area contributed by atoms with Gasteiger partial charge in [-0.2, -0.15) is 0 Å². The smallest absolute Gasteiger partial charge is 0.239 e. The van der Waals surface area contributed by atoms with Gasteiger partial charge in [0.05, 0.1) is 6.54 Å². The average Bonchev–Trinajstić information content (AvgIpc) is 2.27. The van der Waals surface area contributed by atoms with Gasteiger partial charge in [0.2, 0.25) is 5.91 Å². The van der Waals surface area contributed by atoms with Crippen LogP contribution in [0.15, 0.2) is 22.8 Å². The Balaban J connectivity index is 2.67. The third-order valence-electron chi connectivity index (χ3n) is 2.13. The summed E-state index contributed by atoms with van der Waals surface area (Å²) in [5.41, 5.74) is 0. The molecule has 16 heavy (non-hydrogen) atoms. The number of carbonyl (C=O) groups excluding carboxylic acids is 1. The Morgan fingerprint density at radius 2 is 2.25 bits per heavy atom. The van der Waals surface area contributed by atoms with Gasteiger partial charge in [0.25, 0.3) is 0 Å². The molecule has 0 fully saturated rings. The van der Waals surface area contributed by atoms with Gasteiger partial charge < -0.3 is 10.2 Å². The van der Waals surface area contributed by atoms with Crippen LogP contribution < -0.4 is 10.2 Å². The Bertz CT molecular complexity index is 340. The topological polar surface area (TPSA) is 45.2 Å². The van der Waals surface area contributed by atoms with Gasteiger partial charge >= 0.3 is 0 Å². The summed E-state index contributed by atoms with van der Waals surface area (Å²) in [7, 11) is 0. The molecule has 0 atom stereocenters. The standard InChI is InChI=1S/C11H16BrN3O/c1-3-13-11(16)8-15(4-2)10-6-5-9(12)7-14-10/h5-7H,3-4,8H2,1-2H3,(H,13,16). The van der Waals surface area contributed by atoms with Gasteiger partial charge in [0.1, 0.15) is 5.82 Å². The van der Waals surface area contributed by atoms with E-state index in [1.54, 1.807) is 6.20 Å². The summed E-state index contributed by atoms with van der Waals surface area (Å²) in [5.74, 6) is 0.839. The molecular weight excluding hydrogens is 270 g/mol. The van der Waals surface area contributed by atoms with Crippen LogP contribution in [0, 0.1) is 0 Å². The Morgan fingerprint density at radius 3 is 2.75 bits per heavy atom. The minimum absolute atomic E-state index is 0.0223. The van der Waals surface area contributed by atoms with Crippen molar-refractivity contribution in [3.63, 3.8) is 0 Å². The number of hydrogen-bond acceptors (Lipinski definition) is 3. The molecule has 0 aliphatic rings. The molecule has 0 radical (unpaired) electrons. The minimum atomic E-state index is 0.0223. The Hall–Kier alpha value is -1.10. The van der Waals surface area contributed by atoms with Crippen LogP contribution in [0.25, 0.3) is 0 Å². The Labute approximate surface area is 104 Å². The van der Waals surface area contributed by atoms with Crippen molar-refractivity contribution < 1.29 is 4.79 Å². The Kier molecular flexibility index (Phi) is 5.25. The first-order valence-corrected chi connectivity index (χ1v) is 6.09. The van der Waals surface area contributed by atoms with E-state index in [1.807, 2.05) is 30.9 Å². The molecule has 5 heteroatoms. The average molecular weight is 286 g/mol. The number of rotatable bonds is 5. The number of aromatic nitrogens is 1. The van der Waals surface area contributed by atoms with E-state index < -0.39 is 0 Å². The lowest BCUT2D eigenvalue weighted by molar-refractivity contribution is -0.119. The minimum Gasteiger partial charge on any atom is -0.355 e. The van der Waals surface area contributed by atoms with Crippen LogP contribution in [0.5, 0.6) is 0 Å². The van der Waals surface area contributed by atoms with Crippen molar-refractivity contribution >= 4 is 27.7 Å². The van der Waals surface area contributed by atoms with Crippen molar-refractivity contribution in [2.24, 2.45) is 0 Å². The van der Waals surface area contributed by atoms with Gasteiger partial charge in [0.15, 0.2) is 0 Å². The van der Waals surface area contributed by atoms with Crippen molar-refractivity contribution in [1.29, 1.82) is 0 Å². The summed E-state index contributed by atoms with van der Waals surface area (Å²) in [4.78, 5) is 17.7. The van der Waals surface area contributed by atoms with Gasteiger partial charge in [-0.1, -0.05) is 0 Å². The summed E-state index contributed by atoms with van der Waals surface area (Å²) in [6.45, 7) is 5.67. The number of nitrogens with zero attached hydrogens (tertiary/aromatic N) is 2. The van der Waals surface area contributed by atoms with Crippen LogP contribution in [0.1, 0.15) is 13.8 Å². The molecule has 1 amide bonds. The molecule has 0 aromatic carbocycles. The molecule has 4 nitrogen and oxygen atoms in total. The molecule has 1 aromatic heterocycles. The van der Waals surface area contributed by atoms with Gasteiger partial charge in [-0.05, 0) is 41.9 Å². The molecule has 88 valence electrons. The first-order chi connectivity index (χ1) is 7.67. The third-order valence-corrected chi connectivity index (χ3v) is 2.59. The van der Waals surface area contributed by atoms with Crippen molar-refractivity contribution in [3.8, 4) is 0 Å². The van der Waals surface area contributed by atoms with E-state index >= 15 is 0 Å². The molecule has 0 aliphatic heterocycles. The number of anilines is 1. The summed E-state index contributed by atoms with van der Waals surface area (Å²) >= 11 is 3.33. The van der Waals surface area contributed by atoms with Crippen LogP contribution in [-0.2, 0) is 4.79 Å². The SMILES string of the molecule is CCNC(=O)CN(CC)c1ccc(Br)cn1. The molecule has 0 spiro atoms. The lowest BCUT2D eigenvalue weighted by atomic mass is 10.4. The van der Waals surface area contributed by atoms with E-state index in [0.29, 0.717) is 13.1 Å². The highest BCUT2D eigenvalue weighted by Gasteiger charge is 2.09. The summed E-state index contributed by atoms with van der Waals surface area (Å²) < 4.78 is 0.935. The molecule has 0 saturated carbocycles. The third kappa shape index (κ3) is 3.81. The summed E-state index contributed by atoms with van der Waals surface area (Å²) in [6, 6.07) is 3.82. The maximum absolute atomic E-state index is 11.5. The fourth-order valence-corrected chi connectivity index (χ4v) is 1.57. The predicted octanol–water partition coefficient (Wildman–Crippen LogP) is 1.81. The highest BCUT2D eigenvalue weighted by Crippen LogP contribution is 2.14. The first-order valence-electron chi connectivity index (χ1n) is 5.30. The van der Waals surface area contributed by atoms with Gasteiger partial charge in [-0.15, -0.1) is 0 Å². The van der Waals surface area contributed by atoms with E-state index in [9.17, 15) is 4.79 Å². The molecule has 0 unspecified atom stereocenters. The lowest BCUT2D eigenvalue weighted by Gasteiger charge is -2.20. The second-order valence-corrected chi connectivity index (χ2v) is 4.22. The molecule has 0 bridgehead atoms. The monoisotopic (exact) mass is 285 g/mol. The normalized spacial score (nSPS) is 9.94. The summed E-state index contributed by atoms with van der Waals surface area (Å²) in [6.07, 6.45) is 1.73. The molecule has 1 aromatic rings. The number of amides is 1. The fourth-order valence-electron chi connectivity index (χ4n) is 1.34. The number of likely N-dealkylation sites (N-methyl/N-ethyl adjacent to an activating group) is 2. The van der Waals surface area contributed by atoms with Crippen LogP contribution in [0.4, 0.5) is 5.82 Å². The van der Waals surface area contributed by atoms with Crippen LogP contribution in [0.2, 0.25) is 0 Å². The molecule has 0 saturated heterocycles. The van der Waals surface area contributed by atoms with Crippen LogP contribution in [0.3, 0.4) is 0 Å². The number of hydrogen-bond donors (Lipinski definition) is 1. The fraction of sp³-hybridized carbons (Fsp3) is 0.455. The zero-order chi connectivity index (χ0) is 12.0. The number of halogens is 1. The van der Waals surface area contributed by atoms with Gasteiger partial charge in [0, 0.05) is 23.8 Å². The summed E-state index contributed by atoms with van der Waals surface area (Å²) in [5, 5.41) is 2.77. The van der Waals surface area contributed by atoms with Crippen LogP contribution >= 0.6 is 15.9 Å². The van der Waals surface area contributed by atoms with E-state index in [4.69, 9.17) is 0 Å². The second-order valence-electron chi connectivity index (χ2n) is 3.30. The molecule has 1 N–H and O–H groups in total. The van der Waals surface area contributed by atoms with Crippen molar-refractivity contribution in [1.82, 2.24) is 10.3 Å². The van der Waals surface area contributed by atoms with Crippen molar-refractivity contribution in [2.75, 3.05) is 24.5 Å². The number of carbonyl (C=O) groups is 1. The largest absolute Gasteiger partial charge is 0.355 e. The van der Waals surface area contributed by atoms with E-state index in [0.717, 1.165) is 16.8 Å². The highest BCUT2D eigenvalue weighted by molar-refractivity contribution is 9.10. The molecule has 0 aliphatic carbocycles. The van der Waals surface area contributed by atoms with Gasteiger partial charge in [-0.25, -0.2) is 4.98 Å². The zero-order valence-electron chi connectivity index (χ0n) is 9.53. The molecule has 1 heterocycles. The zero-order valence-corrected chi connectivity index (χ0v) is 11.1. The molecule has 1 rings (SSSR count). The van der Waals surface area contributed by atoms with E-state index in [-0.39, 0.29) is 5.91 Å². The predicted molar refractivity (Wildman–Crippen MR) is 68.5 cm³/mol. The van der Waals surface area contributed by atoms with E-state index in [2.05, 4.69) is 26.2 Å². The highest BCUT2D eigenvalue weighted by atomic mass is 79.9. The van der Waals surface area contributed by atoms with Crippen LogP contribution in [-0.4, -0.2) is 30.5 Å².